The Morgan fingerprint density at radius 2 is 1.93 bits per heavy atom. The van der Waals surface area contributed by atoms with Gasteiger partial charge in [-0.1, -0.05) is 25.4 Å². The molecule has 8 heteroatoms. The summed E-state index contributed by atoms with van der Waals surface area (Å²) in [5.41, 5.74) is 2.42. The lowest BCUT2D eigenvalue weighted by Gasteiger charge is -2.08. The topological polar surface area (TPSA) is 90.4 Å². The molecule has 0 aliphatic heterocycles. The highest BCUT2D eigenvalue weighted by Gasteiger charge is 2.22. The maximum absolute atomic E-state index is 12.8. The lowest BCUT2D eigenvalue weighted by molar-refractivity contribution is 0.0997. The van der Waals surface area contributed by atoms with E-state index in [1.807, 2.05) is 24.3 Å². The van der Waals surface area contributed by atoms with Gasteiger partial charge in [0.2, 0.25) is 5.82 Å². The molecule has 1 amide bonds. The zero-order valence-electron chi connectivity index (χ0n) is 16.7. The lowest BCUT2D eigenvalue weighted by atomic mass is 10.1. The van der Waals surface area contributed by atoms with Gasteiger partial charge in [-0.05, 0) is 65.6 Å². The summed E-state index contributed by atoms with van der Waals surface area (Å²) in [4.78, 5) is 12.8. The molecule has 154 valence electrons. The number of hydrogen-bond donors (Lipinski definition) is 1. The number of carbonyl (C=O) groups is 1. The highest BCUT2D eigenvalue weighted by molar-refractivity contribution is 6.31. The molecule has 0 atom stereocenters. The molecular weight excluding hydrogens is 406 g/mol. The Bertz CT molecular complexity index is 1200. The summed E-state index contributed by atoms with van der Waals surface area (Å²) < 4.78 is 16.3. The van der Waals surface area contributed by atoms with Crippen LogP contribution in [0.5, 0.6) is 5.75 Å². The Balaban J connectivity index is 1.55. The zero-order chi connectivity index (χ0) is 21.3. The molecule has 30 heavy (non-hydrogen) atoms. The third kappa shape index (κ3) is 4.02. The number of furan rings is 1. The van der Waals surface area contributed by atoms with E-state index in [1.54, 1.807) is 25.1 Å². The third-order valence-electron chi connectivity index (χ3n) is 4.54. The van der Waals surface area contributed by atoms with Gasteiger partial charge in [-0.25, -0.2) is 4.63 Å². The number of benzene rings is 2. The molecule has 0 spiro atoms. The van der Waals surface area contributed by atoms with Crippen LogP contribution >= 0.6 is 11.6 Å². The van der Waals surface area contributed by atoms with E-state index in [4.69, 9.17) is 25.4 Å². The Morgan fingerprint density at radius 1 is 1.17 bits per heavy atom. The Morgan fingerprint density at radius 3 is 2.67 bits per heavy atom. The molecule has 0 bridgehead atoms. The summed E-state index contributed by atoms with van der Waals surface area (Å²) >= 11 is 6.05. The number of halogens is 1. The Kier molecular flexibility index (Phi) is 5.46. The number of ether oxygens (including phenoxy) is 1. The van der Waals surface area contributed by atoms with Crippen molar-refractivity contribution in [2.45, 2.75) is 20.8 Å². The fourth-order valence-electron chi connectivity index (χ4n) is 3.01. The molecule has 7 nitrogen and oxygen atoms in total. The number of rotatable bonds is 6. The fourth-order valence-corrected chi connectivity index (χ4v) is 3.18. The van der Waals surface area contributed by atoms with Crippen molar-refractivity contribution in [3.63, 3.8) is 0 Å². The van der Waals surface area contributed by atoms with Crippen LogP contribution in [0.2, 0.25) is 5.02 Å². The van der Waals surface area contributed by atoms with Crippen LogP contribution in [0, 0.1) is 12.8 Å². The molecule has 0 saturated carbocycles. The molecule has 2 aromatic heterocycles. The number of aromatic nitrogens is 2. The van der Waals surface area contributed by atoms with Crippen molar-refractivity contribution in [1.29, 1.82) is 0 Å². The normalized spacial score (nSPS) is 11.2. The lowest BCUT2D eigenvalue weighted by Crippen LogP contribution is -2.13. The van der Waals surface area contributed by atoms with Crippen LogP contribution < -0.4 is 10.1 Å². The number of carbonyl (C=O) groups excluding carboxylic acids is 1. The Hall–Kier alpha value is -3.32. The van der Waals surface area contributed by atoms with Gasteiger partial charge in [-0.15, -0.1) is 0 Å². The van der Waals surface area contributed by atoms with Crippen LogP contribution in [0.4, 0.5) is 5.82 Å². The van der Waals surface area contributed by atoms with Crippen molar-refractivity contribution in [3.8, 4) is 17.0 Å². The minimum Gasteiger partial charge on any atom is -0.493 e. The first-order valence-electron chi connectivity index (χ1n) is 9.48. The van der Waals surface area contributed by atoms with Crippen molar-refractivity contribution in [2.24, 2.45) is 5.92 Å². The van der Waals surface area contributed by atoms with E-state index in [1.165, 1.54) is 0 Å². The minimum atomic E-state index is -0.450. The number of nitrogens with zero attached hydrogens (tertiary/aromatic N) is 2. The summed E-state index contributed by atoms with van der Waals surface area (Å²) in [6.07, 6.45) is 0. The summed E-state index contributed by atoms with van der Waals surface area (Å²) in [6.45, 7) is 6.61. The van der Waals surface area contributed by atoms with Gasteiger partial charge in [0.1, 0.15) is 11.3 Å². The second-order valence-electron chi connectivity index (χ2n) is 7.34. The zero-order valence-corrected chi connectivity index (χ0v) is 17.5. The van der Waals surface area contributed by atoms with Gasteiger partial charge in [0, 0.05) is 21.5 Å². The first-order valence-corrected chi connectivity index (χ1v) is 9.86. The molecule has 2 heterocycles. The number of nitrogens with one attached hydrogen (secondary N) is 1. The van der Waals surface area contributed by atoms with Gasteiger partial charge < -0.3 is 9.15 Å². The third-order valence-corrected chi connectivity index (χ3v) is 4.77. The van der Waals surface area contributed by atoms with Crippen molar-refractivity contribution >= 4 is 34.3 Å². The molecule has 0 radical (unpaired) electrons. The van der Waals surface area contributed by atoms with Gasteiger partial charge in [-0.2, -0.15) is 0 Å². The summed E-state index contributed by atoms with van der Waals surface area (Å²) in [5.74, 6) is 1.12. The SMILES string of the molecule is Cc1c(C(=O)Nc2nonc2-c2ccc(OCC(C)C)cc2)oc2ccc(Cl)cc12. The van der Waals surface area contributed by atoms with Crippen LogP contribution in [0.25, 0.3) is 22.2 Å². The van der Waals surface area contributed by atoms with E-state index >= 15 is 0 Å². The molecule has 2 aromatic carbocycles. The molecular formula is C22H20ClN3O4. The van der Waals surface area contributed by atoms with Gasteiger partial charge in [-0.3, -0.25) is 10.1 Å². The highest BCUT2D eigenvalue weighted by Crippen LogP contribution is 2.30. The van der Waals surface area contributed by atoms with Crippen LogP contribution in [0.15, 0.2) is 51.5 Å². The van der Waals surface area contributed by atoms with E-state index in [-0.39, 0.29) is 11.6 Å². The first kappa shape index (κ1) is 20.0. The number of hydrogen-bond acceptors (Lipinski definition) is 6. The minimum absolute atomic E-state index is 0.179. The van der Waals surface area contributed by atoms with E-state index in [0.29, 0.717) is 34.4 Å². The van der Waals surface area contributed by atoms with Crippen LogP contribution in [-0.2, 0) is 0 Å². The van der Waals surface area contributed by atoms with Crippen molar-refractivity contribution in [1.82, 2.24) is 10.3 Å². The monoisotopic (exact) mass is 425 g/mol. The molecule has 1 N–H and O–H groups in total. The van der Waals surface area contributed by atoms with Crippen molar-refractivity contribution in [3.05, 3.63) is 58.8 Å². The van der Waals surface area contributed by atoms with Crippen LogP contribution in [0.3, 0.4) is 0 Å². The number of amides is 1. The predicted octanol–water partition coefficient (Wildman–Crippen LogP) is 5.73. The molecule has 0 aliphatic carbocycles. The molecule has 4 aromatic rings. The van der Waals surface area contributed by atoms with Gasteiger partial charge in [0.05, 0.1) is 6.61 Å². The predicted molar refractivity (Wildman–Crippen MR) is 114 cm³/mol. The molecule has 0 saturated heterocycles. The van der Waals surface area contributed by atoms with Gasteiger partial charge >= 0.3 is 0 Å². The molecule has 0 fully saturated rings. The molecule has 4 rings (SSSR count). The number of aryl methyl sites for hydroxylation is 1. The first-order chi connectivity index (χ1) is 14.4. The van der Waals surface area contributed by atoms with E-state index in [0.717, 1.165) is 16.7 Å². The van der Waals surface area contributed by atoms with Gasteiger partial charge in [0.25, 0.3) is 5.91 Å². The smallest absolute Gasteiger partial charge is 0.292 e. The van der Waals surface area contributed by atoms with E-state index in [9.17, 15) is 4.79 Å². The average Bonchev–Trinajstić information content (AvgIpc) is 3.31. The van der Waals surface area contributed by atoms with Crippen LogP contribution in [0.1, 0.15) is 30.0 Å². The fraction of sp³-hybridized carbons (Fsp3) is 0.227. The highest BCUT2D eigenvalue weighted by atomic mass is 35.5. The number of fused-ring (bicyclic) bond motifs is 1. The second-order valence-corrected chi connectivity index (χ2v) is 7.78. The molecule has 0 unspecified atom stereocenters. The summed E-state index contributed by atoms with van der Waals surface area (Å²) in [6, 6.07) is 12.5. The maximum Gasteiger partial charge on any atom is 0.292 e. The number of anilines is 1. The quantitative estimate of drug-likeness (QED) is 0.424. The second kappa shape index (κ2) is 8.20. The van der Waals surface area contributed by atoms with Crippen molar-refractivity contribution in [2.75, 3.05) is 11.9 Å². The average molecular weight is 426 g/mol. The standard InChI is InChI=1S/C22H20ClN3O4/c1-12(2)11-28-16-7-4-14(5-8-16)19-21(26-30-25-19)24-22(27)20-13(3)17-10-15(23)6-9-18(17)29-20/h4-10,12H,11H2,1-3H3,(H,24,26,27). The van der Waals surface area contributed by atoms with Gasteiger partial charge in [0.15, 0.2) is 11.5 Å². The van der Waals surface area contributed by atoms with E-state index < -0.39 is 5.91 Å². The maximum atomic E-state index is 12.8. The Labute approximate surface area is 177 Å². The summed E-state index contributed by atoms with van der Waals surface area (Å²) in [5, 5.41) is 11.8. The largest absolute Gasteiger partial charge is 0.493 e. The molecule has 0 aliphatic rings. The van der Waals surface area contributed by atoms with Crippen LogP contribution in [-0.4, -0.2) is 22.8 Å². The van der Waals surface area contributed by atoms with E-state index in [2.05, 4.69) is 29.5 Å². The van der Waals surface area contributed by atoms with Crippen molar-refractivity contribution < 1.29 is 18.6 Å². The summed E-state index contributed by atoms with van der Waals surface area (Å²) in [7, 11) is 0.